The van der Waals surface area contributed by atoms with Gasteiger partial charge in [0.05, 0.1) is 78.5 Å². The van der Waals surface area contributed by atoms with E-state index in [1.165, 1.54) is 18.9 Å². The van der Waals surface area contributed by atoms with Crippen LogP contribution in [0.3, 0.4) is 0 Å². The average Bonchev–Trinajstić information content (AvgIpc) is 3.31. The lowest BCUT2D eigenvalue weighted by molar-refractivity contribution is -0.141. The molecule has 4 aromatic rings. The number of nitrogens with one attached hydrogen (secondary N) is 2. The van der Waals surface area contributed by atoms with Crippen LogP contribution < -0.4 is 20.3 Å². The van der Waals surface area contributed by atoms with Crippen molar-refractivity contribution in [1.82, 2.24) is 15.6 Å². The van der Waals surface area contributed by atoms with Gasteiger partial charge in [0.1, 0.15) is 29.8 Å². The summed E-state index contributed by atoms with van der Waals surface area (Å²) < 4.78 is 38.6. The Labute approximate surface area is 397 Å². The molecule has 0 saturated heterocycles. The number of methoxy groups -OCH3 is 1. The van der Waals surface area contributed by atoms with Crippen LogP contribution in [-0.2, 0) is 42.8 Å². The number of amides is 3. The van der Waals surface area contributed by atoms with Crippen LogP contribution in [0.25, 0.3) is 32.3 Å². The number of aryl methyl sites for hydroxylation is 1. The molecule has 0 fully saturated rings. The van der Waals surface area contributed by atoms with Gasteiger partial charge < -0.3 is 48.9 Å². The Morgan fingerprint density at radius 2 is 1.47 bits per heavy atom. The maximum absolute atomic E-state index is 13.7. The lowest BCUT2D eigenvalue weighted by Gasteiger charge is -2.27. The molecule has 0 aliphatic heterocycles. The van der Waals surface area contributed by atoms with Crippen molar-refractivity contribution in [2.75, 3.05) is 84.6 Å². The number of hydrogen-bond acceptors (Lipinski definition) is 14. The normalized spacial score (nSPS) is 12.6. The second-order valence-corrected chi connectivity index (χ2v) is 16.6. The molecule has 19 nitrogen and oxygen atoms in total. The number of azide groups is 1. The van der Waals surface area contributed by atoms with E-state index < -0.39 is 47.7 Å². The standard InChI is InChI=1S/C49H65N7O12/c1-34-19-20-51-43(32-34)56(48(61)68-49(3,4)5)22-9-12-44(58)54-46(35(2)57)47(60)53-41(33-45(59)62-6)37-15-13-36(14-16-37)38-17-18-42(40-11-8-7-10-39(38)40)67-31-30-66-29-28-65-27-26-64-25-24-63-23-21-52-55-50/h7-8,10-11,13-20,32,35,41,46,57H,9,12,21-31,33H2,1-6H3,(H,53,60)(H,54,58)/t35-,41+,46+/m1/s1. The van der Waals surface area contributed by atoms with Gasteiger partial charge in [-0.1, -0.05) is 59.7 Å². The summed E-state index contributed by atoms with van der Waals surface area (Å²) in [4.78, 5) is 61.0. The molecular formula is C49H65N7O12. The zero-order chi connectivity index (χ0) is 49.3. The van der Waals surface area contributed by atoms with Gasteiger partial charge in [0.25, 0.3) is 0 Å². The van der Waals surface area contributed by atoms with Crippen LogP contribution in [0.4, 0.5) is 10.6 Å². The van der Waals surface area contributed by atoms with E-state index in [2.05, 4.69) is 25.6 Å². The van der Waals surface area contributed by atoms with E-state index in [4.69, 9.17) is 38.7 Å². The Hall–Kier alpha value is -6.34. The molecule has 1 aromatic heterocycles. The fourth-order valence-corrected chi connectivity index (χ4v) is 6.76. The van der Waals surface area contributed by atoms with Gasteiger partial charge in [-0.15, -0.1) is 0 Å². The molecule has 0 aliphatic rings. The summed E-state index contributed by atoms with van der Waals surface area (Å²) in [6.45, 7) is 12.5. The number of hydrogen-bond donors (Lipinski definition) is 3. The number of fused-ring (bicyclic) bond motifs is 1. The molecule has 0 saturated carbocycles. The number of pyridine rings is 1. The third-order valence-corrected chi connectivity index (χ3v) is 10.1. The van der Waals surface area contributed by atoms with Crippen LogP contribution >= 0.6 is 0 Å². The summed E-state index contributed by atoms with van der Waals surface area (Å²) in [6.07, 6.45) is -0.418. The van der Waals surface area contributed by atoms with Crippen molar-refractivity contribution in [2.24, 2.45) is 5.11 Å². The van der Waals surface area contributed by atoms with Gasteiger partial charge in [0, 0.05) is 36.0 Å². The number of aliphatic hydroxyl groups is 1. The summed E-state index contributed by atoms with van der Waals surface area (Å²) in [5, 5.41) is 21.4. The first kappa shape index (κ1) is 54.3. The third-order valence-electron chi connectivity index (χ3n) is 10.1. The van der Waals surface area contributed by atoms with E-state index in [-0.39, 0.29) is 25.8 Å². The molecule has 0 aliphatic carbocycles. The quantitative estimate of drug-likeness (QED) is 0.0168. The molecule has 0 bridgehead atoms. The van der Waals surface area contributed by atoms with Gasteiger partial charge in [0.2, 0.25) is 11.8 Å². The van der Waals surface area contributed by atoms with Crippen LogP contribution in [0.5, 0.6) is 5.75 Å². The van der Waals surface area contributed by atoms with E-state index >= 15 is 0 Å². The van der Waals surface area contributed by atoms with Gasteiger partial charge in [-0.2, -0.15) is 0 Å². The lowest BCUT2D eigenvalue weighted by Crippen LogP contribution is -2.53. The summed E-state index contributed by atoms with van der Waals surface area (Å²) in [7, 11) is 1.25. The maximum atomic E-state index is 13.7. The molecular weight excluding hydrogens is 879 g/mol. The molecule has 4 rings (SSSR count). The first-order valence-electron chi connectivity index (χ1n) is 22.5. The highest BCUT2D eigenvalue weighted by Crippen LogP contribution is 2.35. The van der Waals surface area contributed by atoms with Crippen LogP contribution in [0.1, 0.15) is 64.1 Å². The summed E-state index contributed by atoms with van der Waals surface area (Å²) >= 11 is 0. The maximum Gasteiger partial charge on any atom is 0.416 e. The van der Waals surface area contributed by atoms with Crippen molar-refractivity contribution in [3.05, 3.63) is 101 Å². The highest BCUT2D eigenvalue weighted by Gasteiger charge is 2.30. The van der Waals surface area contributed by atoms with Crippen molar-refractivity contribution in [1.29, 1.82) is 0 Å². The average molecular weight is 944 g/mol. The summed E-state index contributed by atoms with van der Waals surface area (Å²) in [5.74, 6) is -0.732. The van der Waals surface area contributed by atoms with E-state index in [0.717, 1.165) is 27.5 Å². The minimum Gasteiger partial charge on any atom is -0.491 e. The minimum absolute atomic E-state index is 0.0817. The zero-order valence-corrected chi connectivity index (χ0v) is 39.8. The molecule has 68 heavy (non-hydrogen) atoms. The first-order chi connectivity index (χ1) is 32.7. The highest BCUT2D eigenvalue weighted by atomic mass is 16.6. The largest absolute Gasteiger partial charge is 0.491 e. The molecule has 0 unspecified atom stereocenters. The Morgan fingerprint density at radius 1 is 0.838 bits per heavy atom. The fraction of sp³-hybridized carbons (Fsp3) is 0.490. The summed E-state index contributed by atoms with van der Waals surface area (Å²) in [5.41, 5.74) is 10.8. The van der Waals surface area contributed by atoms with Gasteiger partial charge in [0.15, 0.2) is 0 Å². The Bertz CT molecular complexity index is 2260. The number of carbonyl (C=O) groups is 4. The van der Waals surface area contributed by atoms with Gasteiger partial charge >= 0.3 is 12.1 Å². The van der Waals surface area contributed by atoms with Crippen LogP contribution in [-0.4, -0.2) is 131 Å². The molecule has 19 heteroatoms. The molecule has 3 amide bonds. The van der Waals surface area contributed by atoms with Crippen molar-refractivity contribution in [3.63, 3.8) is 0 Å². The predicted molar refractivity (Wildman–Crippen MR) is 255 cm³/mol. The number of anilines is 1. The Balaban J connectivity index is 1.32. The van der Waals surface area contributed by atoms with Gasteiger partial charge in [-0.05, 0) is 92.4 Å². The second-order valence-electron chi connectivity index (χ2n) is 16.6. The third kappa shape index (κ3) is 18.7. The van der Waals surface area contributed by atoms with Crippen LogP contribution in [0.2, 0.25) is 0 Å². The number of aromatic nitrogens is 1. The van der Waals surface area contributed by atoms with Gasteiger partial charge in [-0.3, -0.25) is 19.3 Å². The molecule has 3 N–H and O–H groups in total. The smallest absolute Gasteiger partial charge is 0.416 e. The molecule has 0 spiro atoms. The van der Waals surface area contributed by atoms with Crippen molar-refractivity contribution in [2.45, 2.75) is 77.7 Å². The number of carbonyl (C=O) groups excluding carboxylic acids is 4. The monoisotopic (exact) mass is 943 g/mol. The first-order valence-corrected chi connectivity index (χ1v) is 22.5. The molecule has 3 atom stereocenters. The number of ether oxygens (including phenoxy) is 7. The van der Waals surface area contributed by atoms with Crippen LogP contribution in [0, 0.1) is 6.92 Å². The lowest BCUT2D eigenvalue weighted by atomic mass is 9.95. The number of nitrogens with zero attached hydrogens (tertiary/aromatic N) is 5. The number of benzene rings is 3. The second kappa shape index (κ2) is 28.7. The minimum atomic E-state index is -1.35. The van der Waals surface area contributed by atoms with Crippen LogP contribution in [0.15, 0.2) is 84.1 Å². The topological polar surface area (TPSA) is 242 Å². The highest BCUT2D eigenvalue weighted by molar-refractivity contribution is 6.00. The molecule has 3 aromatic carbocycles. The van der Waals surface area contributed by atoms with Crippen molar-refractivity contribution >= 4 is 40.5 Å². The molecule has 0 radical (unpaired) electrons. The Morgan fingerprint density at radius 3 is 2.07 bits per heavy atom. The van der Waals surface area contributed by atoms with Crippen molar-refractivity contribution < 1.29 is 57.4 Å². The Kier molecular flexibility index (Phi) is 22.9. The van der Waals surface area contributed by atoms with E-state index in [1.807, 2.05) is 55.5 Å². The summed E-state index contributed by atoms with van der Waals surface area (Å²) in [6, 6.07) is 20.5. The van der Waals surface area contributed by atoms with E-state index in [9.17, 15) is 24.3 Å². The number of rotatable bonds is 29. The SMILES string of the molecule is COC(=O)C[C@H](NC(=O)[C@@H](NC(=O)CCCN(C(=O)OC(C)(C)C)c1cc(C)ccn1)[C@@H](C)O)c1ccc(-c2ccc(OCCOCCOCCOCCOCCN=[N+]=[N-])c3ccccc23)cc1. The predicted octanol–water partition coefficient (Wildman–Crippen LogP) is 6.77. The fourth-order valence-electron chi connectivity index (χ4n) is 6.76. The van der Waals surface area contributed by atoms with Crippen molar-refractivity contribution in [3.8, 4) is 16.9 Å². The molecule has 368 valence electrons. The van der Waals surface area contributed by atoms with E-state index in [1.54, 1.807) is 51.2 Å². The van der Waals surface area contributed by atoms with Gasteiger partial charge in [-0.25, -0.2) is 9.78 Å². The van der Waals surface area contributed by atoms with E-state index in [0.29, 0.717) is 83.1 Å². The number of aliphatic hydroxyl groups excluding tert-OH is 1. The molecule has 1 heterocycles. The zero-order valence-electron chi connectivity index (χ0n) is 39.8. The number of esters is 1.